The Bertz CT molecular complexity index is 349. The van der Waals surface area contributed by atoms with Gasteiger partial charge in [-0.15, -0.1) is 0 Å². The fourth-order valence-corrected chi connectivity index (χ4v) is 0.842. The molecule has 0 spiro atoms. The largest absolute Gasteiger partial charge is 0.451 e. The van der Waals surface area contributed by atoms with E-state index in [1.54, 1.807) is 13.8 Å². The highest BCUT2D eigenvalue weighted by atomic mass is 19.4. The third kappa shape index (κ3) is 3.22. The van der Waals surface area contributed by atoms with Crippen molar-refractivity contribution < 1.29 is 13.2 Å². The molecule has 0 atom stereocenters. The molecule has 3 N–H and O–H groups in total. The van der Waals surface area contributed by atoms with Crippen molar-refractivity contribution in [2.24, 2.45) is 0 Å². The van der Waals surface area contributed by atoms with E-state index < -0.39 is 17.9 Å². The van der Waals surface area contributed by atoms with E-state index in [2.05, 4.69) is 20.3 Å². The lowest BCUT2D eigenvalue weighted by atomic mass is 10.4. The minimum Gasteiger partial charge on any atom is -0.368 e. The number of nitrogen functional groups attached to an aromatic ring is 1. The summed E-state index contributed by atoms with van der Waals surface area (Å²) in [6.45, 7) is 3.49. The molecule has 0 amide bonds. The Morgan fingerprint density at radius 1 is 1.20 bits per heavy atom. The van der Waals surface area contributed by atoms with Crippen LogP contribution in [0.4, 0.5) is 25.1 Å². The highest BCUT2D eigenvalue weighted by Crippen LogP contribution is 2.26. The van der Waals surface area contributed by atoms with E-state index in [1.807, 2.05) is 0 Å². The minimum absolute atomic E-state index is 0.0899. The van der Waals surface area contributed by atoms with Crippen LogP contribution in [0.3, 0.4) is 0 Å². The van der Waals surface area contributed by atoms with Gasteiger partial charge in [-0.25, -0.2) is 0 Å². The first-order valence-electron chi connectivity index (χ1n) is 4.14. The molecule has 5 nitrogen and oxygen atoms in total. The van der Waals surface area contributed by atoms with Crippen molar-refractivity contribution in [3.63, 3.8) is 0 Å². The van der Waals surface area contributed by atoms with Gasteiger partial charge in [-0.2, -0.15) is 28.1 Å². The molecule has 1 rings (SSSR count). The zero-order valence-electron chi connectivity index (χ0n) is 8.13. The zero-order valence-corrected chi connectivity index (χ0v) is 8.13. The van der Waals surface area contributed by atoms with Gasteiger partial charge in [-0.05, 0) is 13.8 Å². The van der Waals surface area contributed by atoms with Crippen LogP contribution in [-0.2, 0) is 6.18 Å². The molecule has 15 heavy (non-hydrogen) atoms. The van der Waals surface area contributed by atoms with Crippen molar-refractivity contribution in [2.75, 3.05) is 11.1 Å². The lowest BCUT2D eigenvalue weighted by molar-refractivity contribution is -0.144. The molecule has 1 aromatic rings. The maximum Gasteiger partial charge on any atom is 0.451 e. The van der Waals surface area contributed by atoms with E-state index in [0.29, 0.717) is 0 Å². The van der Waals surface area contributed by atoms with Crippen molar-refractivity contribution in [3.05, 3.63) is 5.82 Å². The van der Waals surface area contributed by atoms with Crippen LogP contribution >= 0.6 is 0 Å². The Morgan fingerprint density at radius 3 is 2.27 bits per heavy atom. The summed E-state index contributed by atoms with van der Waals surface area (Å²) in [5.41, 5.74) is 5.13. The van der Waals surface area contributed by atoms with Gasteiger partial charge in [0.1, 0.15) is 0 Å². The topological polar surface area (TPSA) is 76.7 Å². The molecule has 0 aromatic carbocycles. The normalized spacial score (nSPS) is 11.9. The number of hydrogen-bond donors (Lipinski definition) is 2. The fraction of sp³-hybridized carbons (Fsp3) is 0.571. The molecule has 0 saturated heterocycles. The lowest BCUT2D eigenvalue weighted by Gasteiger charge is -2.10. The van der Waals surface area contributed by atoms with E-state index in [4.69, 9.17) is 5.73 Å². The van der Waals surface area contributed by atoms with E-state index in [1.165, 1.54) is 0 Å². The maximum atomic E-state index is 12.2. The number of halogens is 3. The van der Waals surface area contributed by atoms with Gasteiger partial charge in [0.15, 0.2) is 0 Å². The monoisotopic (exact) mass is 221 g/mol. The molecule has 8 heteroatoms. The quantitative estimate of drug-likeness (QED) is 0.786. The van der Waals surface area contributed by atoms with Crippen LogP contribution in [0.15, 0.2) is 0 Å². The molecule has 0 radical (unpaired) electrons. The molecule has 1 aromatic heterocycles. The van der Waals surface area contributed by atoms with Crippen LogP contribution in [0.2, 0.25) is 0 Å². The second-order valence-corrected chi connectivity index (χ2v) is 3.14. The highest BCUT2D eigenvalue weighted by Gasteiger charge is 2.35. The van der Waals surface area contributed by atoms with Crippen LogP contribution in [0.1, 0.15) is 19.7 Å². The van der Waals surface area contributed by atoms with Crippen LogP contribution in [-0.4, -0.2) is 21.0 Å². The van der Waals surface area contributed by atoms with Crippen molar-refractivity contribution >= 4 is 11.9 Å². The Balaban J connectivity index is 3.06. The summed E-state index contributed by atoms with van der Waals surface area (Å²) < 4.78 is 36.7. The summed E-state index contributed by atoms with van der Waals surface area (Å²) in [6.07, 6.45) is -4.62. The van der Waals surface area contributed by atoms with Gasteiger partial charge in [0.25, 0.3) is 0 Å². The standard InChI is InChI=1S/C7H10F3N5/c1-3(2)12-6-14-4(7(8,9)10)13-5(11)15-6/h3H,1-2H3,(H3,11,12,13,14,15). The summed E-state index contributed by atoms with van der Waals surface area (Å²) in [4.78, 5) is 9.74. The van der Waals surface area contributed by atoms with Crippen molar-refractivity contribution in [1.82, 2.24) is 15.0 Å². The number of nitrogens with two attached hydrogens (primary N) is 1. The summed E-state index contributed by atoms with van der Waals surface area (Å²) >= 11 is 0. The van der Waals surface area contributed by atoms with E-state index in [0.717, 1.165) is 0 Å². The van der Waals surface area contributed by atoms with E-state index >= 15 is 0 Å². The molecule has 0 unspecified atom stereocenters. The highest BCUT2D eigenvalue weighted by molar-refractivity contribution is 5.32. The third-order valence-corrected chi connectivity index (χ3v) is 1.32. The van der Waals surface area contributed by atoms with Gasteiger partial charge < -0.3 is 11.1 Å². The average molecular weight is 221 g/mol. The molecule has 0 aliphatic heterocycles. The third-order valence-electron chi connectivity index (χ3n) is 1.32. The van der Waals surface area contributed by atoms with Gasteiger partial charge in [0.05, 0.1) is 0 Å². The molecular weight excluding hydrogens is 211 g/mol. The van der Waals surface area contributed by atoms with Crippen molar-refractivity contribution in [3.8, 4) is 0 Å². The summed E-state index contributed by atoms with van der Waals surface area (Å²) in [7, 11) is 0. The van der Waals surface area contributed by atoms with Gasteiger partial charge in [-0.3, -0.25) is 0 Å². The smallest absolute Gasteiger partial charge is 0.368 e. The number of alkyl halides is 3. The number of nitrogens with zero attached hydrogens (tertiary/aromatic N) is 3. The SMILES string of the molecule is CC(C)Nc1nc(N)nc(C(F)(F)F)n1. The molecule has 0 fully saturated rings. The predicted molar refractivity (Wildman–Crippen MR) is 48.0 cm³/mol. The van der Waals surface area contributed by atoms with Crippen LogP contribution in [0.5, 0.6) is 0 Å². The first-order chi connectivity index (χ1) is 6.79. The first-order valence-corrected chi connectivity index (χ1v) is 4.14. The van der Waals surface area contributed by atoms with Gasteiger partial charge >= 0.3 is 6.18 Å². The lowest BCUT2D eigenvalue weighted by Crippen LogP contribution is -2.19. The van der Waals surface area contributed by atoms with Crippen LogP contribution in [0.25, 0.3) is 0 Å². The molecular formula is C7H10F3N5. The fourth-order valence-electron chi connectivity index (χ4n) is 0.842. The maximum absolute atomic E-state index is 12.2. The molecule has 0 saturated carbocycles. The van der Waals surface area contributed by atoms with Crippen molar-refractivity contribution in [2.45, 2.75) is 26.1 Å². The Kier molecular flexibility index (Phi) is 2.96. The second kappa shape index (κ2) is 3.87. The van der Waals surface area contributed by atoms with Crippen LogP contribution in [0, 0.1) is 0 Å². The van der Waals surface area contributed by atoms with E-state index in [9.17, 15) is 13.2 Å². The number of anilines is 2. The average Bonchev–Trinajstić information content (AvgIpc) is 1.99. The van der Waals surface area contributed by atoms with Gasteiger partial charge in [0.2, 0.25) is 17.7 Å². The number of rotatable bonds is 2. The Labute approximate surface area is 83.9 Å². The molecule has 0 aliphatic carbocycles. The minimum atomic E-state index is -4.62. The van der Waals surface area contributed by atoms with Crippen LogP contribution < -0.4 is 11.1 Å². The van der Waals surface area contributed by atoms with Crippen molar-refractivity contribution in [1.29, 1.82) is 0 Å². The number of nitrogens with one attached hydrogen (secondary N) is 1. The molecule has 84 valence electrons. The molecule has 0 aliphatic rings. The zero-order chi connectivity index (χ0) is 11.6. The number of aromatic nitrogens is 3. The van der Waals surface area contributed by atoms with E-state index in [-0.39, 0.29) is 12.0 Å². The predicted octanol–water partition coefficient (Wildman–Crippen LogP) is 1.29. The Morgan fingerprint density at radius 2 is 1.80 bits per heavy atom. The Hall–Kier alpha value is -1.60. The molecule has 0 bridgehead atoms. The van der Waals surface area contributed by atoms with Gasteiger partial charge in [0, 0.05) is 6.04 Å². The summed E-state index contributed by atoms with van der Waals surface area (Å²) in [6, 6.07) is -0.0899. The summed E-state index contributed by atoms with van der Waals surface area (Å²) in [5.74, 6) is -1.93. The summed E-state index contributed by atoms with van der Waals surface area (Å²) in [5, 5.41) is 2.62. The van der Waals surface area contributed by atoms with Gasteiger partial charge in [-0.1, -0.05) is 0 Å². The molecule has 1 heterocycles. The number of hydrogen-bond acceptors (Lipinski definition) is 5. The second-order valence-electron chi connectivity index (χ2n) is 3.14. The first kappa shape index (κ1) is 11.5.